The third-order valence-corrected chi connectivity index (χ3v) is 2.89. The van der Waals surface area contributed by atoms with Gasteiger partial charge in [0.25, 0.3) is 0 Å². The van der Waals surface area contributed by atoms with Crippen molar-refractivity contribution in [2.24, 2.45) is 0 Å². The lowest BCUT2D eigenvalue weighted by atomic mass is 10.4. The number of nitrogens with zero attached hydrogens (tertiary/aromatic N) is 1. The molecule has 0 amide bonds. The van der Waals surface area contributed by atoms with Gasteiger partial charge in [0.15, 0.2) is 9.93 Å². The summed E-state index contributed by atoms with van der Waals surface area (Å²) in [6.07, 6.45) is 0. The monoisotopic (exact) mass is 253 g/mol. The van der Waals surface area contributed by atoms with Crippen molar-refractivity contribution in [1.29, 1.82) is 0 Å². The highest BCUT2D eigenvalue weighted by Crippen LogP contribution is 2.22. The van der Waals surface area contributed by atoms with Crippen molar-refractivity contribution in [2.45, 2.75) is 10.1 Å². The minimum absolute atomic E-state index is 0.400. The summed E-state index contributed by atoms with van der Waals surface area (Å²) in [5.41, 5.74) is 0. The summed E-state index contributed by atoms with van der Waals surface area (Å²) >= 11 is 11.4. The van der Waals surface area contributed by atoms with E-state index in [-0.39, 0.29) is 0 Å². The average molecular weight is 253 g/mol. The lowest BCUT2D eigenvalue weighted by Gasteiger charge is -1.99. The Kier molecular flexibility index (Phi) is 3.30. The van der Waals surface area contributed by atoms with Crippen molar-refractivity contribution in [3.05, 3.63) is 39.9 Å². The van der Waals surface area contributed by atoms with Crippen LogP contribution < -0.4 is 0 Å². The molecule has 0 aliphatic heterocycles. The zero-order chi connectivity index (χ0) is 10.7. The molecule has 2 rings (SSSR count). The molecule has 0 atom stereocenters. The van der Waals surface area contributed by atoms with Crippen LogP contribution in [0, 0.1) is 9.54 Å². The number of rotatable bonds is 2. The average Bonchev–Trinajstić information content (AvgIpc) is 2.17. The molecule has 0 radical (unpaired) electrons. The fraction of sp³-hybridized carbons (Fsp3) is 0. The molecule has 0 aliphatic rings. The van der Waals surface area contributed by atoms with Crippen LogP contribution in [-0.2, 0) is 0 Å². The first-order valence-electron chi connectivity index (χ1n) is 4.17. The van der Waals surface area contributed by atoms with Gasteiger partial charge in [0.1, 0.15) is 0 Å². The third-order valence-electron chi connectivity index (χ3n) is 1.60. The van der Waals surface area contributed by atoms with Crippen LogP contribution >= 0.6 is 36.2 Å². The molecular weight excluding hydrogens is 246 g/mol. The summed E-state index contributed by atoms with van der Waals surface area (Å²) in [5, 5.41) is 0.704. The smallest absolute Gasteiger partial charge is 0.201 e. The largest absolute Gasteiger partial charge is 0.311 e. The standard InChI is InChI=1S/C9H7N3S3/c13-7-10-8(14)12-9(11-7)15-6-4-2-1-3-5-6/h1-5H,(H2,10,11,12,13,14). The number of hydrogen-bond acceptors (Lipinski definition) is 4. The van der Waals surface area contributed by atoms with Gasteiger partial charge in [-0.25, -0.2) is 0 Å². The van der Waals surface area contributed by atoms with Crippen molar-refractivity contribution < 1.29 is 0 Å². The highest BCUT2D eigenvalue weighted by atomic mass is 32.2. The van der Waals surface area contributed by atoms with Gasteiger partial charge >= 0.3 is 0 Å². The first-order valence-corrected chi connectivity index (χ1v) is 5.81. The lowest BCUT2D eigenvalue weighted by Crippen LogP contribution is -1.90. The highest BCUT2D eigenvalue weighted by Gasteiger charge is 1.98. The number of H-pyrrole nitrogens is 2. The van der Waals surface area contributed by atoms with Crippen molar-refractivity contribution >= 4 is 36.2 Å². The first-order chi connectivity index (χ1) is 7.24. The van der Waals surface area contributed by atoms with Crippen LogP contribution in [0.1, 0.15) is 0 Å². The molecule has 15 heavy (non-hydrogen) atoms. The maximum absolute atomic E-state index is 4.97. The van der Waals surface area contributed by atoms with Gasteiger partial charge in [-0.1, -0.05) is 30.0 Å². The fourth-order valence-electron chi connectivity index (χ4n) is 1.02. The molecule has 1 aromatic heterocycles. The van der Waals surface area contributed by atoms with Crippen LogP contribution in [-0.4, -0.2) is 15.0 Å². The van der Waals surface area contributed by atoms with E-state index >= 15 is 0 Å². The first kappa shape index (κ1) is 10.5. The summed E-state index contributed by atoms with van der Waals surface area (Å²) in [6, 6.07) is 9.92. The number of nitrogens with one attached hydrogen (secondary N) is 2. The van der Waals surface area contributed by atoms with E-state index < -0.39 is 0 Å². The van der Waals surface area contributed by atoms with Crippen LogP contribution in [0.4, 0.5) is 0 Å². The Balaban J connectivity index is 2.33. The SMILES string of the molecule is S=c1nc(Sc2ccccc2)[nH]c(=S)[nH]1. The molecule has 0 spiro atoms. The normalized spacial score (nSPS) is 10.1. The van der Waals surface area contributed by atoms with Crippen LogP contribution in [0.15, 0.2) is 40.4 Å². The molecule has 0 saturated heterocycles. The molecule has 1 aromatic carbocycles. The Bertz CT molecular complexity index is 530. The van der Waals surface area contributed by atoms with E-state index in [2.05, 4.69) is 15.0 Å². The van der Waals surface area contributed by atoms with Crippen LogP contribution in [0.5, 0.6) is 0 Å². The molecule has 0 saturated carbocycles. The van der Waals surface area contributed by atoms with Gasteiger partial charge in [0.05, 0.1) is 0 Å². The minimum Gasteiger partial charge on any atom is -0.311 e. The maximum atomic E-state index is 4.97. The molecule has 0 aliphatic carbocycles. The summed E-state index contributed by atoms with van der Waals surface area (Å²) in [4.78, 5) is 10.9. The van der Waals surface area contributed by atoms with Crippen molar-refractivity contribution in [1.82, 2.24) is 15.0 Å². The Morgan fingerprint density at radius 1 is 1.07 bits per heavy atom. The topological polar surface area (TPSA) is 44.5 Å². The number of aromatic amines is 2. The minimum atomic E-state index is 0.400. The predicted molar refractivity (Wildman–Crippen MR) is 65.2 cm³/mol. The molecule has 2 N–H and O–H groups in total. The zero-order valence-corrected chi connectivity index (χ0v) is 10.0. The zero-order valence-electron chi connectivity index (χ0n) is 7.56. The van der Waals surface area contributed by atoms with Gasteiger partial charge in [-0.05, 0) is 36.6 Å². The van der Waals surface area contributed by atoms with E-state index in [1.165, 1.54) is 11.8 Å². The summed E-state index contributed by atoms with van der Waals surface area (Å²) in [5.74, 6) is 0. The highest BCUT2D eigenvalue weighted by molar-refractivity contribution is 7.99. The van der Waals surface area contributed by atoms with Crippen LogP contribution in [0.2, 0.25) is 0 Å². The Hall–Kier alpha value is -0.980. The molecule has 0 bridgehead atoms. The number of benzene rings is 1. The van der Waals surface area contributed by atoms with Gasteiger partial charge in [-0.3, -0.25) is 0 Å². The van der Waals surface area contributed by atoms with Crippen molar-refractivity contribution in [3.8, 4) is 0 Å². The van der Waals surface area contributed by atoms with E-state index in [0.717, 1.165) is 4.90 Å². The van der Waals surface area contributed by atoms with Gasteiger partial charge < -0.3 is 9.97 Å². The molecule has 1 heterocycles. The van der Waals surface area contributed by atoms with Crippen molar-refractivity contribution in [2.75, 3.05) is 0 Å². The molecule has 0 unspecified atom stereocenters. The summed E-state index contributed by atoms with van der Waals surface area (Å²) < 4.78 is 0.894. The predicted octanol–water partition coefficient (Wildman–Crippen LogP) is 3.35. The molecule has 0 fully saturated rings. The second kappa shape index (κ2) is 4.69. The molecular formula is C9H7N3S3. The molecule has 76 valence electrons. The fourth-order valence-corrected chi connectivity index (χ4v) is 2.40. The lowest BCUT2D eigenvalue weighted by molar-refractivity contribution is 0.872. The Morgan fingerprint density at radius 2 is 1.80 bits per heavy atom. The maximum Gasteiger partial charge on any atom is 0.201 e. The molecule has 3 nitrogen and oxygen atoms in total. The summed E-state index contributed by atoms with van der Waals surface area (Å²) in [6.45, 7) is 0. The van der Waals surface area contributed by atoms with E-state index in [1.807, 2.05) is 30.3 Å². The molecule has 2 aromatic rings. The second-order valence-corrected chi connectivity index (χ2v) is 4.57. The quantitative estimate of drug-likeness (QED) is 0.806. The van der Waals surface area contributed by atoms with E-state index in [0.29, 0.717) is 14.7 Å². The number of hydrogen-bond donors (Lipinski definition) is 2. The van der Waals surface area contributed by atoms with Crippen LogP contribution in [0.25, 0.3) is 0 Å². The second-order valence-electron chi connectivity index (χ2n) is 2.72. The van der Waals surface area contributed by atoms with Gasteiger partial charge in [-0.2, -0.15) is 4.98 Å². The number of aromatic nitrogens is 3. The van der Waals surface area contributed by atoms with E-state index in [9.17, 15) is 0 Å². The van der Waals surface area contributed by atoms with Gasteiger partial charge in [0, 0.05) is 4.90 Å². The van der Waals surface area contributed by atoms with E-state index in [1.54, 1.807) is 0 Å². The Labute approximate surface area is 101 Å². The molecule has 6 heteroatoms. The Morgan fingerprint density at radius 3 is 2.47 bits per heavy atom. The summed E-state index contributed by atoms with van der Waals surface area (Å²) in [7, 11) is 0. The van der Waals surface area contributed by atoms with Gasteiger partial charge in [-0.15, -0.1) is 0 Å². The van der Waals surface area contributed by atoms with Crippen molar-refractivity contribution in [3.63, 3.8) is 0 Å². The van der Waals surface area contributed by atoms with Gasteiger partial charge in [0.2, 0.25) is 4.77 Å². The third kappa shape index (κ3) is 2.98. The van der Waals surface area contributed by atoms with E-state index in [4.69, 9.17) is 24.4 Å². The van der Waals surface area contributed by atoms with Crippen LogP contribution in [0.3, 0.4) is 0 Å².